The Morgan fingerprint density at radius 2 is 1.89 bits per heavy atom. The number of piperazine rings is 1. The molecule has 10 heteroatoms. The maximum atomic E-state index is 13.0. The number of anilines is 2. The molecular weight excluding hydrogens is 466 g/mol. The summed E-state index contributed by atoms with van der Waals surface area (Å²) in [6.07, 6.45) is 3.41. The first-order valence-electron chi connectivity index (χ1n) is 11.3. The van der Waals surface area contributed by atoms with Crippen LogP contribution in [0.1, 0.15) is 16.1 Å². The Labute approximate surface area is 208 Å². The van der Waals surface area contributed by atoms with E-state index < -0.39 is 0 Å². The number of ether oxygens (including phenoxy) is 1. The molecule has 4 heterocycles. The van der Waals surface area contributed by atoms with Gasteiger partial charge in [0.2, 0.25) is 5.95 Å². The monoisotopic (exact) mass is 491 g/mol. The lowest BCUT2D eigenvalue weighted by atomic mass is 10.2. The Balaban J connectivity index is 1.38. The molecule has 0 atom stereocenters. The number of halogens is 1. The number of aromatic amines is 1. The second-order valence-electron chi connectivity index (χ2n) is 8.57. The third-order valence-corrected chi connectivity index (χ3v) is 6.31. The third-order valence-electron chi connectivity index (χ3n) is 6.01. The van der Waals surface area contributed by atoms with Gasteiger partial charge in [0.05, 0.1) is 28.5 Å². The van der Waals surface area contributed by atoms with Crippen LogP contribution in [0.2, 0.25) is 5.02 Å². The largest absolute Gasteiger partial charge is 0.380 e. The van der Waals surface area contributed by atoms with Gasteiger partial charge in [-0.15, -0.1) is 0 Å². The average molecular weight is 492 g/mol. The Bertz CT molecular complexity index is 1370. The van der Waals surface area contributed by atoms with Crippen LogP contribution in [-0.2, 0) is 11.3 Å². The van der Waals surface area contributed by atoms with Gasteiger partial charge in [-0.05, 0) is 49.0 Å². The molecule has 9 nitrogen and oxygen atoms in total. The van der Waals surface area contributed by atoms with E-state index in [4.69, 9.17) is 16.3 Å². The molecule has 1 saturated heterocycles. The maximum Gasteiger partial charge on any atom is 0.270 e. The van der Waals surface area contributed by atoms with Gasteiger partial charge in [0.1, 0.15) is 5.69 Å². The van der Waals surface area contributed by atoms with Crippen LogP contribution in [0.15, 0.2) is 48.8 Å². The standard InChI is InChI=1S/C25H26ClN7O2/c1-32-7-9-33(10-8-32)24(34)22-13-17-12-18(14-19(26)23(17)30-22)29-25-28-6-4-20(31-25)21-11-16(15-35-2)3-5-27-21/h3-6,11-14,30H,7-10,15H2,1-2H3,(H,28,29,31). The van der Waals surface area contributed by atoms with Crippen molar-refractivity contribution in [3.05, 3.63) is 65.1 Å². The topological polar surface area (TPSA) is 99.3 Å². The number of pyridine rings is 1. The van der Waals surface area contributed by atoms with E-state index in [9.17, 15) is 4.79 Å². The molecule has 5 rings (SSSR count). The molecule has 1 amide bonds. The van der Waals surface area contributed by atoms with Crippen molar-refractivity contribution in [2.75, 3.05) is 45.7 Å². The number of likely N-dealkylation sites (N-methyl/N-ethyl adjacent to an activating group) is 1. The lowest BCUT2D eigenvalue weighted by Crippen LogP contribution is -2.47. The molecule has 180 valence electrons. The van der Waals surface area contributed by atoms with Crippen molar-refractivity contribution in [1.29, 1.82) is 0 Å². The summed E-state index contributed by atoms with van der Waals surface area (Å²) >= 11 is 6.56. The quantitative estimate of drug-likeness (QED) is 0.421. The highest BCUT2D eigenvalue weighted by atomic mass is 35.5. The molecule has 2 N–H and O–H groups in total. The van der Waals surface area contributed by atoms with Crippen LogP contribution >= 0.6 is 11.6 Å². The molecule has 4 aromatic rings. The molecule has 1 aliphatic rings. The van der Waals surface area contributed by atoms with Gasteiger partial charge in [-0.25, -0.2) is 9.97 Å². The predicted molar refractivity (Wildman–Crippen MR) is 136 cm³/mol. The molecule has 0 bridgehead atoms. The van der Waals surface area contributed by atoms with E-state index in [1.54, 1.807) is 25.6 Å². The van der Waals surface area contributed by atoms with Crippen LogP contribution in [0.5, 0.6) is 0 Å². The number of hydrogen-bond donors (Lipinski definition) is 2. The number of amides is 1. The summed E-state index contributed by atoms with van der Waals surface area (Å²) in [6.45, 7) is 3.66. The first kappa shape index (κ1) is 23.2. The van der Waals surface area contributed by atoms with E-state index in [-0.39, 0.29) is 5.91 Å². The number of aromatic nitrogens is 4. The number of benzene rings is 1. The van der Waals surface area contributed by atoms with E-state index in [1.807, 2.05) is 35.2 Å². The van der Waals surface area contributed by atoms with Gasteiger partial charge in [-0.1, -0.05) is 11.6 Å². The zero-order chi connectivity index (χ0) is 24.4. The number of methoxy groups -OCH3 is 1. The fourth-order valence-electron chi connectivity index (χ4n) is 4.13. The molecule has 0 aliphatic carbocycles. The zero-order valence-corrected chi connectivity index (χ0v) is 20.3. The molecule has 0 unspecified atom stereocenters. The minimum atomic E-state index is -0.0147. The first-order valence-corrected chi connectivity index (χ1v) is 11.7. The van der Waals surface area contributed by atoms with E-state index in [0.29, 0.717) is 42.1 Å². The van der Waals surface area contributed by atoms with Gasteiger partial charge in [-0.3, -0.25) is 9.78 Å². The van der Waals surface area contributed by atoms with Crippen LogP contribution in [0.3, 0.4) is 0 Å². The summed E-state index contributed by atoms with van der Waals surface area (Å²) in [4.78, 5) is 33.6. The van der Waals surface area contributed by atoms with Gasteiger partial charge in [0, 0.05) is 56.8 Å². The summed E-state index contributed by atoms with van der Waals surface area (Å²) in [5.41, 5.74) is 4.41. The van der Waals surface area contributed by atoms with Crippen molar-refractivity contribution < 1.29 is 9.53 Å². The second kappa shape index (κ2) is 9.99. The van der Waals surface area contributed by atoms with Crippen molar-refractivity contribution in [3.63, 3.8) is 0 Å². The number of fused-ring (bicyclic) bond motifs is 1. The van der Waals surface area contributed by atoms with Crippen molar-refractivity contribution in [2.24, 2.45) is 0 Å². The van der Waals surface area contributed by atoms with Gasteiger partial charge in [-0.2, -0.15) is 0 Å². The average Bonchev–Trinajstić information content (AvgIpc) is 3.30. The second-order valence-corrected chi connectivity index (χ2v) is 8.98. The van der Waals surface area contributed by atoms with E-state index >= 15 is 0 Å². The van der Waals surface area contributed by atoms with Crippen molar-refractivity contribution >= 4 is 40.0 Å². The van der Waals surface area contributed by atoms with Crippen LogP contribution in [0.4, 0.5) is 11.6 Å². The number of carbonyl (C=O) groups is 1. The fraction of sp³-hybridized carbons (Fsp3) is 0.280. The number of nitrogens with zero attached hydrogens (tertiary/aromatic N) is 5. The molecule has 1 fully saturated rings. The van der Waals surface area contributed by atoms with Crippen molar-refractivity contribution in [3.8, 4) is 11.4 Å². The number of nitrogens with one attached hydrogen (secondary N) is 2. The fourth-order valence-corrected chi connectivity index (χ4v) is 4.40. The van der Waals surface area contributed by atoms with Gasteiger partial charge in [0.15, 0.2) is 0 Å². The maximum absolute atomic E-state index is 13.0. The first-order chi connectivity index (χ1) is 17.0. The van der Waals surface area contributed by atoms with E-state index in [0.717, 1.165) is 40.9 Å². The Hall–Kier alpha value is -3.53. The van der Waals surface area contributed by atoms with Crippen LogP contribution in [0, 0.1) is 0 Å². The normalized spacial score (nSPS) is 14.4. The van der Waals surface area contributed by atoms with Crippen LogP contribution < -0.4 is 5.32 Å². The minimum absolute atomic E-state index is 0.0147. The highest BCUT2D eigenvalue weighted by Crippen LogP contribution is 2.30. The summed E-state index contributed by atoms with van der Waals surface area (Å²) in [6, 6.07) is 11.2. The summed E-state index contributed by atoms with van der Waals surface area (Å²) in [7, 11) is 3.72. The van der Waals surface area contributed by atoms with Crippen molar-refractivity contribution in [2.45, 2.75) is 6.61 Å². The number of hydrogen-bond acceptors (Lipinski definition) is 7. The van der Waals surface area contributed by atoms with Crippen LogP contribution in [-0.4, -0.2) is 76.0 Å². The summed E-state index contributed by atoms with van der Waals surface area (Å²) in [5.74, 6) is 0.403. The lowest BCUT2D eigenvalue weighted by Gasteiger charge is -2.32. The van der Waals surface area contributed by atoms with Gasteiger partial charge < -0.3 is 24.8 Å². The smallest absolute Gasteiger partial charge is 0.270 e. The SMILES string of the molecule is COCc1ccnc(-c2ccnc(Nc3cc(Cl)c4[nH]c(C(=O)N5CCN(C)CC5)cc4c3)n2)c1. The molecule has 0 radical (unpaired) electrons. The highest BCUT2D eigenvalue weighted by molar-refractivity contribution is 6.35. The number of rotatable bonds is 6. The van der Waals surface area contributed by atoms with Gasteiger partial charge in [0.25, 0.3) is 5.91 Å². The van der Waals surface area contributed by atoms with E-state index in [1.165, 1.54) is 0 Å². The van der Waals surface area contributed by atoms with Gasteiger partial charge >= 0.3 is 0 Å². The number of carbonyl (C=O) groups excluding carboxylic acids is 1. The summed E-state index contributed by atoms with van der Waals surface area (Å²) in [5, 5.41) is 4.56. The minimum Gasteiger partial charge on any atom is -0.380 e. The van der Waals surface area contributed by atoms with Crippen LogP contribution in [0.25, 0.3) is 22.3 Å². The Kier molecular flexibility index (Phi) is 6.63. The molecule has 1 aliphatic heterocycles. The Morgan fingerprint density at radius 3 is 2.69 bits per heavy atom. The molecule has 0 spiro atoms. The lowest BCUT2D eigenvalue weighted by molar-refractivity contribution is 0.0659. The molecule has 0 saturated carbocycles. The highest BCUT2D eigenvalue weighted by Gasteiger charge is 2.22. The molecule has 3 aromatic heterocycles. The Morgan fingerprint density at radius 1 is 1.09 bits per heavy atom. The molecule has 35 heavy (non-hydrogen) atoms. The van der Waals surface area contributed by atoms with E-state index in [2.05, 4.69) is 37.2 Å². The van der Waals surface area contributed by atoms with Crippen molar-refractivity contribution in [1.82, 2.24) is 29.7 Å². The third kappa shape index (κ3) is 5.12. The summed E-state index contributed by atoms with van der Waals surface area (Å²) < 4.78 is 5.21. The molecule has 1 aromatic carbocycles. The predicted octanol–water partition coefficient (Wildman–Crippen LogP) is 3.95. The molecular formula is C25H26ClN7O2. The number of H-pyrrole nitrogens is 1. The zero-order valence-electron chi connectivity index (χ0n) is 19.6.